The Labute approximate surface area is 119 Å². The van der Waals surface area contributed by atoms with Crippen molar-refractivity contribution in [3.8, 4) is 0 Å². The van der Waals surface area contributed by atoms with Crippen LogP contribution in [0.5, 0.6) is 0 Å². The van der Waals surface area contributed by atoms with E-state index in [1.54, 1.807) is 6.92 Å². The van der Waals surface area contributed by atoms with E-state index >= 15 is 0 Å². The third-order valence-electron chi connectivity index (χ3n) is 3.69. The first-order valence-corrected chi connectivity index (χ1v) is 7.24. The molecule has 0 heterocycles. The van der Waals surface area contributed by atoms with Crippen LogP contribution in [0.25, 0.3) is 0 Å². The summed E-state index contributed by atoms with van der Waals surface area (Å²) in [6.45, 7) is 3.86. The maximum Gasteiger partial charge on any atom is 0.511 e. The van der Waals surface area contributed by atoms with Gasteiger partial charge in [-0.15, -0.1) is 0 Å². The van der Waals surface area contributed by atoms with Crippen LogP contribution in [0.4, 0.5) is 4.79 Å². The lowest BCUT2D eigenvalue weighted by molar-refractivity contribution is -0.171. The minimum Gasteiger partial charge on any atom is -0.435 e. The first-order valence-electron chi connectivity index (χ1n) is 7.24. The van der Waals surface area contributed by atoms with Crippen molar-refractivity contribution >= 4 is 12.1 Å². The zero-order valence-corrected chi connectivity index (χ0v) is 12.4. The number of ether oxygens (including phenoxy) is 3. The highest BCUT2D eigenvalue weighted by Crippen LogP contribution is 2.38. The predicted octanol–water partition coefficient (Wildman–Crippen LogP) is 2.35. The first kappa shape index (κ1) is 16.8. The summed E-state index contributed by atoms with van der Waals surface area (Å²) < 4.78 is 14.5. The van der Waals surface area contributed by atoms with Crippen LogP contribution in [0.3, 0.4) is 0 Å². The molecule has 20 heavy (non-hydrogen) atoms. The molecule has 1 unspecified atom stereocenters. The molecule has 0 aromatic heterocycles. The van der Waals surface area contributed by atoms with Crippen LogP contribution in [0.15, 0.2) is 0 Å². The van der Waals surface area contributed by atoms with Crippen molar-refractivity contribution < 1.29 is 23.8 Å². The number of carbonyl (C=O) groups is 2. The van der Waals surface area contributed by atoms with E-state index in [9.17, 15) is 9.59 Å². The molecule has 6 heteroatoms. The van der Waals surface area contributed by atoms with Gasteiger partial charge in [-0.2, -0.15) is 0 Å². The molecule has 1 rings (SSSR count). The standard InChI is InChI=1S/C14H25NO5/c1-3-18-13(17)20-11(2)19-12(16)9-14(10-15)7-5-4-6-8-14/h11H,3-10,15H2,1-2H3. The van der Waals surface area contributed by atoms with Crippen LogP contribution < -0.4 is 5.73 Å². The second-order valence-corrected chi connectivity index (χ2v) is 5.30. The van der Waals surface area contributed by atoms with Gasteiger partial charge in [-0.1, -0.05) is 19.3 Å². The monoisotopic (exact) mass is 287 g/mol. The Bertz CT molecular complexity index is 326. The number of rotatable bonds is 6. The fraction of sp³-hybridized carbons (Fsp3) is 0.857. The molecule has 0 spiro atoms. The van der Waals surface area contributed by atoms with Crippen LogP contribution >= 0.6 is 0 Å². The smallest absolute Gasteiger partial charge is 0.435 e. The van der Waals surface area contributed by atoms with Crippen molar-refractivity contribution in [2.75, 3.05) is 13.2 Å². The van der Waals surface area contributed by atoms with E-state index in [0.29, 0.717) is 6.54 Å². The summed E-state index contributed by atoms with van der Waals surface area (Å²) in [5.41, 5.74) is 5.67. The summed E-state index contributed by atoms with van der Waals surface area (Å²) in [6.07, 6.45) is 3.79. The summed E-state index contributed by atoms with van der Waals surface area (Å²) in [4.78, 5) is 23.0. The molecule has 0 aromatic carbocycles. The van der Waals surface area contributed by atoms with E-state index in [4.69, 9.17) is 15.2 Å². The highest BCUT2D eigenvalue weighted by atomic mass is 16.8. The zero-order chi connectivity index (χ0) is 15.0. The Morgan fingerprint density at radius 2 is 1.85 bits per heavy atom. The third kappa shape index (κ3) is 5.36. The van der Waals surface area contributed by atoms with Crippen molar-refractivity contribution in [2.45, 2.75) is 58.7 Å². The maximum absolute atomic E-state index is 11.9. The molecule has 6 nitrogen and oxygen atoms in total. The van der Waals surface area contributed by atoms with Gasteiger partial charge in [0, 0.05) is 6.92 Å². The zero-order valence-electron chi connectivity index (χ0n) is 12.4. The van der Waals surface area contributed by atoms with Gasteiger partial charge >= 0.3 is 12.1 Å². The molecule has 1 atom stereocenters. The molecule has 0 aromatic rings. The van der Waals surface area contributed by atoms with Crippen LogP contribution in [0, 0.1) is 5.41 Å². The Hall–Kier alpha value is -1.30. The van der Waals surface area contributed by atoms with Crippen LogP contribution in [-0.4, -0.2) is 31.6 Å². The Kier molecular flexibility index (Phi) is 6.78. The van der Waals surface area contributed by atoms with E-state index in [1.807, 2.05) is 0 Å². The molecule has 0 amide bonds. The Morgan fingerprint density at radius 3 is 2.40 bits per heavy atom. The van der Waals surface area contributed by atoms with E-state index in [-0.39, 0.29) is 24.4 Å². The second-order valence-electron chi connectivity index (χ2n) is 5.30. The average Bonchev–Trinajstić information content (AvgIpc) is 2.39. The van der Waals surface area contributed by atoms with Gasteiger partial charge in [0.05, 0.1) is 13.0 Å². The summed E-state index contributed by atoms with van der Waals surface area (Å²) in [6, 6.07) is 0. The molecule has 0 radical (unpaired) electrons. The van der Waals surface area contributed by atoms with E-state index in [1.165, 1.54) is 13.3 Å². The lowest BCUT2D eigenvalue weighted by Crippen LogP contribution is -2.36. The topological polar surface area (TPSA) is 87.9 Å². The predicted molar refractivity (Wildman–Crippen MR) is 72.9 cm³/mol. The molecule has 2 N–H and O–H groups in total. The SMILES string of the molecule is CCOC(=O)OC(C)OC(=O)CC1(CN)CCCCC1. The minimum atomic E-state index is -0.944. The number of hydrogen-bond donors (Lipinski definition) is 1. The highest BCUT2D eigenvalue weighted by Gasteiger charge is 2.34. The Balaban J connectivity index is 2.39. The average molecular weight is 287 g/mol. The first-order chi connectivity index (χ1) is 9.51. The minimum absolute atomic E-state index is 0.154. The lowest BCUT2D eigenvalue weighted by Gasteiger charge is -2.35. The number of esters is 1. The quantitative estimate of drug-likeness (QED) is 0.596. The number of nitrogens with two attached hydrogens (primary N) is 1. The van der Waals surface area contributed by atoms with Crippen molar-refractivity contribution in [1.29, 1.82) is 0 Å². The van der Waals surface area contributed by atoms with Crippen LogP contribution in [0.2, 0.25) is 0 Å². The summed E-state index contributed by atoms with van der Waals surface area (Å²) in [5, 5.41) is 0. The lowest BCUT2D eigenvalue weighted by atomic mass is 9.72. The number of carbonyl (C=O) groups excluding carboxylic acids is 2. The summed E-state index contributed by atoms with van der Waals surface area (Å²) >= 11 is 0. The summed E-state index contributed by atoms with van der Waals surface area (Å²) in [5.74, 6) is -0.380. The maximum atomic E-state index is 11.9. The van der Waals surface area contributed by atoms with Gasteiger partial charge in [-0.05, 0) is 31.7 Å². The molecular weight excluding hydrogens is 262 g/mol. The molecule has 0 saturated heterocycles. The summed E-state index contributed by atoms with van der Waals surface area (Å²) in [7, 11) is 0. The molecule has 1 fully saturated rings. The van der Waals surface area contributed by atoms with E-state index < -0.39 is 12.4 Å². The molecule has 1 aliphatic carbocycles. The van der Waals surface area contributed by atoms with Gasteiger partial charge in [0.25, 0.3) is 0 Å². The van der Waals surface area contributed by atoms with Gasteiger partial charge in [0.15, 0.2) is 0 Å². The normalized spacial score (nSPS) is 18.9. The fourth-order valence-corrected chi connectivity index (χ4v) is 2.60. The van der Waals surface area contributed by atoms with Crippen molar-refractivity contribution in [1.82, 2.24) is 0 Å². The molecule has 116 valence electrons. The Morgan fingerprint density at radius 1 is 1.20 bits per heavy atom. The second kappa shape index (κ2) is 8.09. The number of hydrogen-bond acceptors (Lipinski definition) is 6. The molecular formula is C14H25NO5. The third-order valence-corrected chi connectivity index (χ3v) is 3.69. The van der Waals surface area contributed by atoms with Gasteiger partial charge in [-0.25, -0.2) is 4.79 Å². The van der Waals surface area contributed by atoms with E-state index in [2.05, 4.69) is 4.74 Å². The highest BCUT2D eigenvalue weighted by molar-refractivity contribution is 5.70. The molecule has 1 aliphatic rings. The van der Waals surface area contributed by atoms with Crippen molar-refractivity contribution in [2.24, 2.45) is 11.1 Å². The molecule has 1 saturated carbocycles. The van der Waals surface area contributed by atoms with Crippen LogP contribution in [-0.2, 0) is 19.0 Å². The fourth-order valence-electron chi connectivity index (χ4n) is 2.60. The van der Waals surface area contributed by atoms with Crippen molar-refractivity contribution in [3.63, 3.8) is 0 Å². The largest absolute Gasteiger partial charge is 0.511 e. The van der Waals surface area contributed by atoms with E-state index in [0.717, 1.165) is 25.7 Å². The van der Waals surface area contributed by atoms with Gasteiger partial charge < -0.3 is 19.9 Å². The van der Waals surface area contributed by atoms with Crippen LogP contribution in [0.1, 0.15) is 52.4 Å². The molecule has 0 aliphatic heterocycles. The van der Waals surface area contributed by atoms with Gasteiger partial charge in [0.2, 0.25) is 6.29 Å². The molecule has 0 bridgehead atoms. The van der Waals surface area contributed by atoms with Gasteiger partial charge in [0.1, 0.15) is 0 Å². The van der Waals surface area contributed by atoms with Crippen molar-refractivity contribution in [3.05, 3.63) is 0 Å². The van der Waals surface area contributed by atoms with Gasteiger partial charge in [-0.3, -0.25) is 4.79 Å².